The second-order valence-electron chi connectivity index (χ2n) is 17.8. The number of unbranched alkanes of at least 4 members (excludes halogenated alkanes) is 21. The average Bonchev–Trinajstić information content (AvgIpc) is 3.21. The minimum absolute atomic E-state index is 0.0481. The third kappa shape index (κ3) is 45.8. The lowest BCUT2D eigenvalue weighted by Crippen LogP contribution is -2.45. The number of aliphatic hydroxyl groups is 1. The topological polar surface area (TPSA) is 105 Å². The van der Waals surface area contributed by atoms with Gasteiger partial charge in [0.25, 0.3) is 0 Å². The quantitative estimate of drug-likeness (QED) is 0.0244. The predicted molar refractivity (Wildman–Crippen MR) is 263 cm³/mol. The maximum Gasteiger partial charge on any atom is 0.472 e. The molecule has 0 aromatic heterocycles. The van der Waals surface area contributed by atoms with E-state index < -0.39 is 20.0 Å². The number of hydrogen-bond donors (Lipinski definition) is 3. The molecule has 8 nitrogen and oxygen atoms in total. The highest BCUT2D eigenvalue weighted by molar-refractivity contribution is 7.47. The molecular formula is C52H96N2O6P+. The Morgan fingerprint density at radius 3 is 1.51 bits per heavy atom. The number of allylic oxidation sites excluding steroid dienone is 11. The number of nitrogens with zero attached hydrogens (tertiary/aromatic N) is 1. The van der Waals surface area contributed by atoms with Gasteiger partial charge in [-0.2, -0.15) is 0 Å². The first-order chi connectivity index (χ1) is 29.5. The number of nitrogens with one attached hydrogen (secondary N) is 1. The Labute approximate surface area is 376 Å². The molecule has 0 aromatic carbocycles. The third-order valence-corrected chi connectivity index (χ3v) is 11.6. The predicted octanol–water partition coefficient (Wildman–Crippen LogP) is 14.4. The Bertz CT molecular complexity index is 1220. The zero-order valence-electron chi connectivity index (χ0n) is 40.1. The maximum absolute atomic E-state index is 12.9. The molecule has 0 radical (unpaired) electrons. The number of amides is 1. The number of aliphatic hydroxyl groups excluding tert-OH is 1. The Kier molecular flexibility index (Phi) is 41.7. The molecule has 3 N–H and O–H groups in total. The minimum Gasteiger partial charge on any atom is -0.387 e. The lowest BCUT2D eigenvalue weighted by molar-refractivity contribution is -0.870. The van der Waals surface area contributed by atoms with Crippen molar-refractivity contribution in [1.82, 2.24) is 5.32 Å². The summed E-state index contributed by atoms with van der Waals surface area (Å²) in [7, 11) is 1.53. The molecule has 0 bridgehead atoms. The van der Waals surface area contributed by atoms with E-state index in [0.29, 0.717) is 17.4 Å². The van der Waals surface area contributed by atoms with Gasteiger partial charge in [0.05, 0.1) is 39.9 Å². The van der Waals surface area contributed by atoms with E-state index in [1.54, 1.807) is 6.08 Å². The summed E-state index contributed by atoms with van der Waals surface area (Å²) in [5.41, 5.74) is 0. The van der Waals surface area contributed by atoms with Gasteiger partial charge in [0, 0.05) is 6.42 Å². The monoisotopic (exact) mass is 876 g/mol. The van der Waals surface area contributed by atoms with Crippen molar-refractivity contribution in [1.29, 1.82) is 0 Å². The lowest BCUT2D eigenvalue weighted by Gasteiger charge is -2.25. The van der Waals surface area contributed by atoms with Crippen molar-refractivity contribution in [3.63, 3.8) is 0 Å². The SMILES string of the molecule is CC/C=C\C/C=C\C/C=C\CCCCCCCCCC(=O)NC(COP(=O)(O)OCC[N+](C)(C)C)C(O)/C=C/CC/C=C/CC/C=C/CCCCCCCCCCCCCC. The van der Waals surface area contributed by atoms with Gasteiger partial charge in [-0.3, -0.25) is 13.8 Å². The molecule has 1 amide bonds. The zero-order chi connectivity index (χ0) is 45.0. The molecule has 0 fully saturated rings. The van der Waals surface area contributed by atoms with Crippen molar-refractivity contribution >= 4 is 13.7 Å². The number of hydrogen-bond acceptors (Lipinski definition) is 5. The van der Waals surface area contributed by atoms with Crippen molar-refractivity contribution in [3.8, 4) is 0 Å². The second-order valence-corrected chi connectivity index (χ2v) is 19.2. The average molecular weight is 876 g/mol. The molecule has 3 unspecified atom stereocenters. The highest BCUT2D eigenvalue weighted by Gasteiger charge is 2.27. The summed E-state index contributed by atoms with van der Waals surface area (Å²) in [6.07, 6.45) is 58.4. The fraction of sp³-hybridized carbons (Fsp3) is 0.750. The van der Waals surface area contributed by atoms with Gasteiger partial charge in [0.15, 0.2) is 0 Å². The summed E-state index contributed by atoms with van der Waals surface area (Å²) >= 11 is 0. The van der Waals surface area contributed by atoms with E-state index in [1.165, 1.54) is 103 Å². The van der Waals surface area contributed by atoms with Crippen LogP contribution in [0.5, 0.6) is 0 Å². The number of carbonyl (C=O) groups is 1. The van der Waals surface area contributed by atoms with E-state index in [2.05, 4.69) is 79.9 Å². The van der Waals surface area contributed by atoms with E-state index in [-0.39, 0.29) is 19.1 Å². The maximum atomic E-state index is 12.9. The fourth-order valence-corrected chi connectivity index (χ4v) is 7.47. The minimum atomic E-state index is -4.36. The first-order valence-electron chi connectivity index (χ1n) is 24.8. The highest BCUT2D eigenvalue weighted by Crippen LogP contribution is 2.43. The van der Waals surface area contributed by atoms with Gasteiger partial charge in [-0.15, -0.1) is 0 Å². The fourth-order valence-electron chi connectivity index (χ4n) is 6.73. The summed E-state index contributed by atoms with van der Waals surface area (Å²) in [5.74, 6) is -0.204. The summed E-state index contributed by atoms with van der Waals surface area (Å²) in [5, 5.41) is 13.8. The van der Waals surface area contributed by atoms with Gasteiger partial charge >= 0.3 is 7.82 Å². The summed E-state index contributed by atoms with van der Waals surface area (Å²) < 4.78 is 23.6. The van der Waals surface area contributed by atoms with Gasteiger partial charge in [-0.25, -0.2) is 4.57 Å². The Hall–Kier alpha value is -2.06. The molecule has 3 atom stereocenters. The molecule has 0 aromatic rings. The van der Waals surface area contributed by atoms with Crippen LogP contribution < -0.4 is 5.32 Å². The Balaban J connectivity index is 4.44. The van der Waals surface area contributed by atoms with Crippen LogP contribution in [0.3, 0.4) is 0 Å². The molecule has 9 heteroatoms. The molecule has 0 heterocycles. The van der Waals surface area contributed by atoms with Gasteiger partial charge in [0.2, 0.25) is 5.91 Å². The van der Waals surface area contributed by atoms with Crippen LogP contribution in [0.25, 0.3) is 0 Å². The number of quaternary nitrogens is 1. The van der Waals surface area contributed by atoms with Gasteiger partial charge in [-0.05, 0) is 77.0 Å². The van der Waals surface area contributed by atoms with Gasteiger partial charge < -0.3 is 19.8 Å². The number of likely N-dealkylation sites (N-methyl/N-ethyl adjacent to an activating group) is 1. The van der Waals surface area contributed by atoms with Crippen molar-refractivity contribution in [2.75, 3.05) is 40.9 Å². The molecule has 0 spiro atoms. The molecule has 0 aliphatic rings. The van der Waals surface area contributed by atoms with Crippen LogP contribution in [-0.4, -0.2) is 73.4 Å². The smallest absolute Gasteiger partial charge is 0.387 e. The van der Waals surface area contributed by atoms with Gasteiger partial charge in [-0.1, -0.05) is 189 Å². The van der Waals surface area contributed by atoms with Gasteiger partial charge in [0.1, 0.15) is 13.2 Å². The van der Waals surface area contributed by atoms with Crippen molar-refractivity contribution in [3.05, 3.63) is 72.9 Å². The summed E-state index contributed by atoms with van der Waals surface area (Å²) in [6, 6.07) is -0.878. The number of phosphoric acid groups is 1. The van der Waals surface area contributed by atoms with Crippen LogP contribution in [0.4, 0.5) is 0 Å². The van der Waals surface area contributed by atoms with E-state index in [1.807, 2.05) is 27.2 Å². The molecule has 0 saturated carbocycles. The van der Waals surface area contributed by atoms with Crippen molar-refractivity contribution in [2.45, 2.75) is 212 Å². The number of rotatable bonds is 44. The van der Waals surface area contributed by atoms with Crippen LogP contribution in [0, 0.1) is 0 Å². The number of carbonyl (C=O) groups excluding carboxylic acids is 1. The standard InChI is InChI=1S/C52H95N2O6P/c1-6-8-10-12-14-16-18-20-22-24-25-26-27-28-30-31-33-35-37-39-41-43-45-51(55)50(49-60-61(57,58)59-48-47-54(3,4)5)53-52(56)46-44-42-40-38-36-34-32-29-23-21-19-17-15-13-11-9-7-2/h9,11,15,17,21,23,28,30,35,37,43,45,50-51,55H,6-8,10,12-14,16,18-20,22,24-27,29,31-34,36,38-42,44,46-49H2,1-5H3,(H-,53,56,57,58)/p+1/b11-9-,17-15-,23-21-,30-28+,37-35+,45-43+. The highest BCUT2D eigenvalue weighted by atomic mass is 31.2. The van der Waals surface area contributed by atoms with E-state index in [4.69, 9.17) is 9.05 Å². The van der Waals surface area contributed by atoms with E-state index >= 15 is 0 Å². The van der Waals surface area contributed by atoms with Crippen LogP contribution >= 0.6 is 7.82 Å². The van der Waals surface area contributed by atoms with E-state index in [9.17, 15) is 19.4 Å². The van der Waals surface area contributed by atoms with Crippen LogP contribution in [0.1, 0.15) is 200 Å². The molecule has 354 valence electrons. The van der Waals surface area contributed by atoms with Crippen molar-refractivity contribution in [2.24, 2.45) is 0 Å². The van der Waals surface area contributed by atoms with Crippen molar-refractivity contribution < 1.29 is 32.9 Å². The molecule has 0 aliphatic carbocycles. The summed E-state index contributed by atoms with van der Waals surface area (Å²) in [4.78, 5) is 23.2. The second kappa shape index (κ2) is 43.2. The molecule has 0 aliphatic heterocycles. The molecule has 0 saturated heterocycles. The third-order valence-electron chi connectivity index (χ3n) is 10.6. The van der Waals surface area contributed by atoms with Crippen LogP contribution in [0.15, 0.2) is 72.9 Å². The lowest BCUT2D eigenvalue weighted by atomic mass is 10.0. The first-order valence-corrected chi connectivity index (χ1v) is 26.3. The molecule has 0 rings (SSSR count). The Morgan fingerprint density at radius 2 is 1.00 bits per heavy atom. The zero-order valence-corrected chi connectivity index (χ0v) is 41.0. The van der Waals surface area contributed by atoms with E-state index in [0.717, 1.165) is 77.0 Å². The summed E-state index contributed by atoms with van der Waals surface area (Å²) in [6.45, 7) is 4.66. The Morgan fingerprint density at radius 1 is 0.574 bits per heavy atom. The normalized spacial score (nSPS) is 14.8. The molecular weight excluding hydrogens is 780 g/mol. The van der Waals surface area contributed by atoms with Crippen LogP contribution in [0.2, 0.25) is 0 Å². The first kappa shape index (κ1) is 58.9. The largest absolute Gasteiger partial charge is 0.472 e. The molecule has 61 heavy (non-hydrogen) atoms. The number of phosphoric ester groups is 1. The van der Waals surface area contributed by atoms with Crippen LogP contribution in [-0.2, 0) is 18.4 Å².